The first-order valence-electron chi connectivity index (χ1n) is 8.63. The zero-order valence-electron chi connectivity index (χ0n) is 14.1. The summed E-state index contributed by atoms with van der Waals surface area (Å²) in [4.78, 5) is 9.35. The van der Waals surface area contributed by atoms with E-state index in [9.17, 15) is 0 Å². The highest BCUT2D eigenvalue weighted by atomic mass is 16.5. The summed E-state index contributed by atoms with van der Waals surface area (Å²) in [7, 11) is 1.74. The highest BCUT2D eigenvalue weighted by Gasteiger charge is 2.23. The number of pyridine rings is 1. The molecule has 2 aromatic rings. The van der Waals surface area contributed by atoms with Crippen molar-refractivity contribution in [3.05, 3.63) is 59.8 Å². The van der Waals surface area contributed by atoms with Crippen molar-refractivity contribution in [2.45, 2.75) is 12.8 Å². The van der Waals surface area contributed by atoms with Crippen LogP contribution < -0.4 is 9.64 Å². The van der Waals surface area contributed by atoms with Gasteiger partial charge in [0.25, 0.3) is 0 Å². The Hall–Kier alpha value is -2.49. The number of nitrogens with zero attached hydrogens (tertiary/aromatic N) is 3. The second kappa shape index (κ2) is 6.56. The van der Waals surface area contributed by atoms with Gasteiger partial charge in [0.15, 0.2) is 0 Å². The molecule has 2 heterocycles. The third-order valence-electron chi connectivity index (χ3n) is 4.94. The average molecular weight is 321 g/mol. The van der Waals surface area contributed by atoms with Gasteiger partial charge in [0.05, 0.1) is 7.11 Å². The normalized spacial score (nSPS) is 17.3. The van der Waals surface area contributed by atoms with E-state index in [-0.39, 0.29) is 0 Å². The van der Waals surface area contributed by atoms with Gasteiger partial charge < -0.3 is 14.5 Å². The third-order valence-corrected chi connectivity index (χ3v) is 4.94. The first-order valence-corrected chi connectivity index (χ1v) is 8.63. The number of allylic oxidation sites excluding steroid dienone is 1. The summed E-state index contributed by atoms with van der Waals surface area (Å²) in [5.74, 6) is 2.02. The van der Waals surface area contributed by atoms with Gasteiger partial charge in [-0.25, -0.2) is 4.98 Å². The Balaban J connectivity index is 1.51. The number of piperazine rings is 1. The number of fused-ring (bicyclic) bond motifs is 1. The molecule has 0 saturated carbocycles. The maximum atomic E-state index is 5.43. The standard InChI is InChI=1S/C20H23N3O/c1-24-17-9-8-16-5-4-6-19(18(16)15-17)22-11-13-23(14-12-22)20-7-2-3-10-21-20/h2-3,6-10,15H,4-5,11-14H2,1H3. The Morgan fingerprint density at radius 2 is 1.83 bits per heavy atom. The molecule has 1 aliphatic carbocycles. The molecule has 1 aromatic heterocycles. The molecule has 1 aromatic carbocycles. The number of hydrogen-bond donors (Lipinski definition) is 0. The summed E-state index contributed by atoms with van der Waals surface area (Å²) < 4.78 is 5.43. The maximum Gasteiger partial charge on any atom is 0.128 e. The van der Waals surface area contributed by atoms with E-state index in [0.29, 0.717) is 0 Å². The molecule has 1 fully saturated rings. The Morgan fingerprint density at radius 1 is 1.00 bits per heavy atom. The van der Waals surface area contributed by atoms with Crippen LogP contribution in [0.4, 0.5) is 5.82 Å². The number of anilines is 1. The minimum Gasteiger partial charge on any atom is -0.497 e. The van der Waals surface area contributed by atoms with Crippen LogP contribution in [0, 0.1) is 0 Å². The molecule has 0 amide bonds. The molecule has 0 radical (unpaired) electrons. The van der Waals surface area contributed by atoms with Crippen LogP contribution in [0.15, 0.2) is 48.7 Å². The zero-order chi connectivity index (χ0) is 16.4. The molecule has 0 atom stereocenters. The zero-order valence-corrected chi connectivity index (χ0v) is 14.1. The lowest BCUT2D eigenvalue weighted by Gasteiger charge is -2.39. The molecule has 4 nitrogen and oxygen atoms in total. The lowest BCUT2D eigenvalue weighted by molar-refractivity contribution is 0.363. The van der Waals surface area contributed by atoms with Gasteiger partial charge in [0, 0.05) is 43.6 Å². The van der Waals surface area contributed by atoms with Gasteiger partial charge in [-0.3, -0.25) is 0 Å². The number of benzene rings is 1. The van der Waals surface area contributed by atoms with Gasteiger partial charge in [-0.2, -0.15) is 0 Å². The number of hydrogen-bond acceptors (Lipinski definition) is 4. The molecule has 4 rings (SSSR count). The summed E-state index contributed by atoms with van der Waals surface area (Å²) in [6.07, 6.45) is 6.50. The Bertz CT molecular complexity index is 734. The molecule has 1 saturated heterocycles. The summed E-state index contributed by atoms with van der Waals surface area (Å²) >= 11 is 0. The van der Waals surface area contributed by atoms with Crippen LogP contribution in [0.25, 0.3) is 5.70 Å². The minimum atomic E-state index is 0.939. The van der Waals surface area contributed by atoms with E-state index >= 15 is 0 Å². The summed E-state index contributed by atoms with van der Waals surface area (Å²) in [6, 6.07) is 12.6. The largest absolute Gasteiger partial charge is 0.497 e. The van der Waals surface area contributed by atoms with Crippen LogP contribution in [-0.4, -0.2) is 43.2 Å². The van der Waals surface area contributed by atoms with E-state index in [0.717, 1.165) is 50.6 Å². The molecule has 0 N–H and O–H groups in total. The Morgan fingerprint density at radius 3 is 2.58 bits per heavy atom. The lowest BCUT2D eigenvalue weighted by Crippen LogP contribution is -2.46. The van der Waals surface area contributed by atoms with Crippen molar-refractivity contribution in [2.24, 2.45) is 0 Å². The van der Waals surface area contributed by atoms with Crippen LogP contribution in [-0.2, 0) is 6.42 Å². The fourth-order valence-corrected chi connectivity index (χ4v) is 3.63. The average Bonchev–Trinajstić information content (AvgIpc) is 2.68. The van der Waals surface area contributed by atoms with Gasteiger partial charge in [0.1, 0.15) is 11.6 Å². The Labute approximate surface area is 143 Å². The number of ether oxygens (including phenoxy) is 1. The molecule has 4 heteroatoms. The van der Waals surface area contributed by atoms with Crippen molar-refractivity contribution in [1.82, 2.24) is 9.88 Å². The SMILES string of the molecule is COc1ccc2c(c1)C(N1CCN(c3ccccn3)CC1)=CCC2. The van der Waals surface area contributed by atoms with Crippen molar-refractivity contribution in [2.75, 3.05) is 38.2 Å². The van der Waals surface area contributed by atoms with Gasteiger partial charge >= 0.3 is 0 Å². The van der Waals surface area contributed by atoms with Crippen LogP contribution >= 0.6 is 0 Å². The Kier molecular flexibility index (Phi) is 4.11. The van der Waals surface area contributed by atoms with Crippen LogP contribution in [0.2, 0.25) is 0 Å². The monoisotopic (exact) mass is 321 g/mol. The van der Waals surface area contributed by atoms with E-state index in [4.69, 9.17) is 4.74 Å². The molecule has 0 unspecified atom stereocenters. The molecule has 24 heavy (non-hydrogen) atoms. The minimum absolute atomic E-state index is 0.939. The highest BCUT2D eigenvalue weighted by molar-refractivity contribution is 5.70. The number of rotatable bonds is 3. The predicted octanol–water partition coefficient (Wildman–Crippen LogP) is 3.20. The van der Waals surface area contributed by atoms with Gasteiger partial charge in [-0.1, -0.05) is 18.2 Å². The molecule has 0 bridgehead atoms. The van der Waals surface area contributed by atoms with E-state index in [2.05, 4.69) is 51.2 Å². The topological polar surface area (TPSA) is 28.6 Å². The highest BCUT2D eigenvalue weighted by Crippen LogP contribution is 2.32. The number of aryl methyl sites for hydroxylation is 1. The van der Waals surface area contributed by atoms with Gasteiger partial charge in [0.2, 0.25) is 0 Å². The summed E-state index contributed by atoms with van der Waals surface area (Å²) in [5, 5.41) is 0. The second-order valence-electron chi connectivity index (χ2n) is 6.31. The maximum absolute atomic E-state index is 5.43. The molecule has 124 valence electrons. The first-order chi connectivity index (χ1) is 11.8. The van der Waals surface area contributed by atoms with Crippen molar-refractivity contribution in [3.63, 3.8) is 0 Å². The number of aromatic nitrogens is 1. The summed E-state index contributed by atoms with van der Waals surface area (Å²) in [6.45, 7) is 4.07. The molecular formula is C20H23N3O. The molecular weight excluding hydrogens is 298 g/mol. The summed E-state index contributed by atoms with van der Waals surface area (Å²) in [5.41, 5.74) is 4.14. The smallest absolute Gasteiger partial charge is 0.128 e. The number of methoxy groups -OCH3 is 1. The van der Waals surface area contributed by atoms with Gasteiger partial charge in [-0.05, 0) is 42.7 Å². The van der Waals surface area contributed by atoms with Gasteiger partial charge in [-0.15, -0.1) is 0 Å². The van der Waals surface area contributed by atoms with Crippen molar-refractivity contribution in [3.8, 4) is 5.75 Å². The van der Waals surface area contributed by atoms with Crippen LogP contribution in [0.5, 0.6) is 5.75 Å². The fraction of sp³-hybridized carbons (Fsp3) is 0.350. The molecule has 0 spiro atoms. The van der Waals surface area contributed by atoms with E-state index < -0.39 is 0 Å². The van der Waals surface area contributed by atoms with Crippen LogP contribution in [0.3, 0.4) is 0 Å². The fourth-order valence-electron chi connectivity index (χ4n) is 3.63. The first kappa shape index (κ1) is 15.1. The second-order valence-corrected chi connectivity index (χ2v) is 6.31. The lowest BCUT2D eigenvalue weighted by atomic mass is 9.93. The van der Waals surface area contributed by atoms with Crippen molar-refractivity contribution < 1.29 is 4.74 Å². The van der Waals surface area contributed by atoms with E-state index in [1.165, 1.54) is 16.8 Å². The van der Waals surface area contributed by atoms with Crippen LogP contribution in [0.1, 0.15) is 17.5 Å². The van der Waals surface area contributed by atoms with E-state index in [1.54, 1.807) is 7.11 Å². The third kappa shape index (κ3) is 2.84. The predicted molar refractivity (Wildman–Crippen MR) is 97.3 cm³/mol. The molecule has 2 aliphatic rings. The van der Waals surface area contributed by atoms with Crippen molar-refractivity contribution in [1.29, 1.82) is 0 Å². The molecule has 1 aliphatic heterocycles. The van der Waals surface area contributed by atoms with E-state index in [1.807, 2.05) is 12.3 Å². The van der Waals surface area contributed by atoms with Crippen molar-refractivity contribution >= 4 is 11.5 Å². The quantitative estimate of drug-likeness (QED) is 0.868.